The molecule has 0 saturated heterocycles. The van der Waals surface area contributed by atoms with E-state index in [9.17, 15) is 21.6 Å². The average Bonchev–Trinajstić information content (AvgIpc) is 2.19. The van der Waals surface area contributed by atoms with Gasteiger partial charge in [-0.05, 0) is 25.5 Å². The molecule has 0 N–H and O–H groups in total. The van der Waals surface area contributed by atoms with Crippen molar-refractivity contribution in [1.29, 1.82) is 0 Å². The number of alkyl halides is 3. The number of hydrogen-bond acceptors (Lipinski definition) is 3. The fourth-order valence-corrected chi connectivity index (χ4v) is 3.18. The Hall–Kier alpha value is -0.310. The molecule has 0 heterocycles. The van der Waals surface area contributed by atoms with Crippen molar-refractivity contribution in [3.05, 3.63) is 32.8 Å². The fraction of sp³-hybridized carbons (Fsp3) is 0.455. The van der Waals surface area contributed by atoms with Gasteiger partial charge in [-0.1, -0.05) is 33.6 Å². The molecule has 1 aromatic carbocycles. The molecule has 1 rings (SSSR count). The molecule has 0 bridgehead atoms. The lowest BCUT2D eigenvalue weighted by Gasteiger charge is -2.32. The van der Waals surface area contributed by atoms with Crippen LogP contribution in [0, 0.1) is 6.92 Å². The zero-order valence-corrected chi connectivity index (χ0v) is 13.8. The molecule has 0 aliphatic carbocycles. The van der Waals surface area contributed by atoms with E-state index in [1.54, 1.807) is 6.92 Å². The minimum atomic E-state index is -4.96. The van der Waals surface area contributed by atoms with Gasteiger partial charge in [0.1, 0.15) is 0 Å². The van der Waals surface area contributed by atoms with Crippen LogP contribution in [-0.4, -0.2) is 20.8 Å². The largest absolute Gasteiger partial charge is 0.422 e. The molecule has 0 aliphatic rings. The summed E-state index contributed by atoms with van der Waals surface area (Å²) in [5.41, 5.74) is -3.04. The first-order chi connectivity index (χ1) is 8.78. The maximum Gasteiger partial charge on any atom is 0.422 e. The van der Waals surface area contributed by atoms with Crippen LogP contribution in [0.1, 0.15) is 18.1 Å². The van der Waals surface area contributed by atoms with Crippen molar-refractivity contribution in [2.75, 3.05) is 6.26 Å². The van der Waals surface area contributed by atoms with E-state index in [0.29, 0.717) is 23.2 Å². The van der Waals surface area contributed by atoms with Gasteiger partial charge in [0.05, 0.1) is 6.26 Å². The zero-order valence-electron chi connectivity index (χ0n) is 10.7. The molecule has 0 aliphatic heterocycles. The molecule has 0 spiro atoms. The molecule has 0 amide bonds. The van der Waals surface area contributed by atoms with Crippen molar-refractivity contribution in [2.24, 2.45) is 0 Å². The van der Waals surface area contributed by atoms with Gasteiger partial charge in [-0.25, -0.2) is 4.18 Å². The van der Waals surface area contributed by atoms with Gasteiger partial charge in [-0.3, -0.25) is 0 Å². The molecule has 3 nitrogen and oxygen atoms in total. The van der Waals surface area contributed by atoms with Gasteiger partial charge in [0, 0.05) is 15.1 Å². The summed E-state index contributed by atoms with van der Waals surface area (Å²) in [4.78, 5) is 0. The van der Waals surface area contributed by atoms with Gasteiger partial charge in [-0.15, -0.1) is 0 Å². The van der Waals surface area contributed by atoms with Crippen LogP contribution in [0.4, 0.5) is 13.2 Å². The van der Waals surface area contributed by atoms with E-state index < -0.39 is 27.5 Å². The van der Waals surface area contributed by atoms with E-state index in [0.717, 1.165) is 6.07 Å². The number of halogens is 5. The van der Waals surface area contributed by atoms with Gasteiger partial charge in [0.15, 0.2) is 0 Å². The SMILES string of the molecule is Cc1cc(C(C)(OS(C)(=O)=O)C(F)(F)F)c(Cl)cc1Br. The topological polar surface area (TPSA) is 43.4 Å². The van der Waals surface area contributed by atoms with E-state index >= 15 is 0 Å². The van der Waals surface area contributed by atoms with E-state index in [4.69, 9.17) is 11.6 Å². The highest BCUT2D eigenvalue weighted by molar-refractivity contribution is 9.10. The van der Waals surface area contributed by atoms with Crippen LogP contribution in [0.5, 0.6) is 0 Å². The third-order valence-electron chi connectivity index (χ3n) is 2.62. The predicted molar refractivity (Wildman–Crippen MR) is 73.2 cm³/mol. The molecule has 0 radical (unpaired) electrons. The van der Waals surface area contributed by atoms with Gasteiger partial charge in [0.25, 0.3) is 10.1 Å². The third kappa shape index (κ3) is 3.66. The van der Waals surface area contributed by atoms with E-state index in [2.05, 4.69) is 20.1 Å². The second-order valence-corrected chi connectivity index (χ2v) is 7.24. The highest BCUT2D eigenvalue weighted by atomic mass is 79.9. The summed E-state index contributed by atoms with van der Waals surface area (Å²) in [6, 6.07) is 2.41. The Kier molecular flexibility index (Phi) is 4.85. The highest BCUT2D eigenvalue weighted by Crippen LogP contribution is 2.46. The van der Waals surface area contributed by atoms with Crippen LogP contribution in [-0.2, 0) is 19.9 Å². The quantitative estimate of drug-likeness (QED) is 0.722. The fourth-order valence-electron chi connectivity index (χ4n) is 1.57. The van der Waals surface area contributed by atoms with Crippen LogP contribution in [0.3, 0.4) is 0 Å². The van der Waals surface area contributed by atoms with Crippen molar-refractivity contribution in [3.63, 3.8) is 0 Å². The molecular formula is C11H11BrClF3O3S. The van der Waals surface area contributed by atoms with Crippen LogP contribution in [0.2, 0.25) is 5.02 Å². The number of hydrogen-bond donors (Lipinski definition) is 0. The molecule has 0 fully saturated rings. The maximum absolute atomic E-state index is 13.3. The molecule has 1 atom stereocenters. The summed E-state index contributed by atoms with van der Waals surface area (Å²) < 4.78 is 66.9. The first kappa shape index (κ1) is 17.7. The summed E-state index contributed by atoms with van der Waals surface area (Å²) in [5.74, 6) is 0. The molecule has 0 saturated carbocycles. The van der Waals surface area contributed by atoms with E-state index in [1.807, 2.05) is 0 Å². The minimum Gasteiger partial charge on any atom is -0.249 e. The summed E-state index contributed by atoms with van der Waals surface area (Å²) in [7, 11) is -4.34. The zero-order chi connectivity index (χ0) is 15.9. The molecule has 1 unspecified atom stereocenters. The third-order valence-corrected chi connectivity index (χ3v) is 4.42. The Bertz CT molecular complexity index is 631. The smallest absolute Gasteiger partial charge is 0.249 e. The maximum atomic E-state index is 13.3. The summed E-state index contributed by atoms with van der Waals surface area (Å²) in [5, 5.41) is -0.244. The minimum absolute atomic E-state index is 0.244. The van der Waals surface area contributed by atoms with E-state index in [-0.39, 0.29) is 5.02 Å². The second kappa shape index (κ2) is 5.47. The van der Waals surface area contributed by atoms with Crippen molar-refractivity contribution < 1.29 is 25.8 Å². The van der Waals surface area contributed by atoms with Gasteiger partial charge in [0.2, 0.25) is 5.60 Å². The van der Waals surface area contributed by atoms with Crippen molar-refractivity contribution in [2.45, 2.75) is 25.6 Å². The van der Waals surface area contributed by atoms with Crippen LogP contribution in [0.15, 0.2) is 16.6 Å². The highest BCUT2D eigenvalue weighted by Gasteiger charge is 2.57. The van der Waals surface area contributed by atoms with Crippen LogP contribution < -0.4 is 0 Å². The Balaban J connectivity index is 3.59. The Labute approximate surface area is 128 Å². The van der Waals surface area contributed by atoms with Crippen LogP contribution in [0.25, 0.3) is 0 Å². The van der Waals surface area contributed by atoms with Gasteiger partial charge < -0.3 is 0 Å². The number of rotatable bonds is 3. The van der Waals surface area contributed by atoms with Crippen molar-refractivity contribution >= 4 is 37.6 Å². The predicted octanol–water partition coefficient (Wildman–Crippen LogP) is 4.16. The molecule has 20 heavy (non-hydrogen) atoms. The molecule has 0 aromatic heterocycles. The first-order valence-electron chi connectivity index (χ1n) is 5.21. The van der Waals surface area contributed by atoms with Gasteiger partial charge >= 0.3 is 6.18 Å². The molecule has 114 valence electrons. The normalized spacial score (nSPS) is 16.0. The van der Waals surface area contributed by atoms with Crippen molar-refractivity contribution in [1.82, 2.24) is 0 Å². The monoisotopic (exact) mass is 394 g/mol. The second-order valence-electron chi connectivity index (χ2n) is 4.40. The molecular weight excluding hydrogens is 385 g/mol. The first-order valence-corrected chi connectivity index (χ1v) is 8.20. The standard InChI is InChI=1S/C11H11BrClF3O3S/c1-6-4-7(9(13)5-8(6)12)10(2,11(14,15)16)19-20(3,17)18/h4-5H,1-3H3. The Morgan fingerprint density at radius 2 is 1.80 bits per heavy atom. The van der Waals surface area contributed by atoms with Gasteiger partial charge in [-0.2, -0.15) is 21.6 Å². The average molecular weight is 396 g/mol. The lowest BCUT2D eigenvalue weighted by molar-refractivity contribution is -0.246. The Morgan fingerprint density at radius 1 is 1.30 bits per heavy atom. The summed E-state index contributed by atoms with van der Waals surface area (Å²) >= 11 is 8.95. The molecule has 1 aromatic rings. The summed E-state index contributed by atoms with van der Waals surface area (Å²) in [6.45, 7) is 2.18. The molecule has 9 heteroatoms. The lowest BCUT2D eigenvalue weighted by Crippen LogP contribution is -2.43. The van der Waals surface area contributed by atoms with E-state index in [1.165, 1.54) is 6.07 Å². The van der Waals surface area contributed by atoms with Crippen molar-refractivity contribution in [3.8, 4) is 0 Å². The number of aryl methyl sites for hydroxylation is 1. The lowest BCUT2D eigenvalue weighted by atomic mass is 9.94. The summed E-state index contributed by atoms with van der Waals surface area (Å²) in [6.07, 6.45) is -4.41. The number of benzene rings is 1. The Morgan fingerprint density at radius 3 is 2.20 bits per heavy atom. The van der Waals surface area contributed by atoms with Crippen LogP contribution >= 0.6 is 27.5 Å².